The number of para-hydroxylation sites is 2. The molecule has 118 valence electrons. The van der Waals surface area contributed by atoms with Crippen molar-refractivity contribution in [3.63, 3.8) is 0 Å². The number of aliphatic carboxylic acids is 1. The van der Waals surface area contributed by atoms with E-state index in [4.69, 9.17) is 20.9 Å². The van der Waals surface area contributed by atoms with Crippen molar-refractivity contribution in [1.29, 1.82) is 0 Å². The Bertz CT molecular complexity index is 497. The third kappa shape index (κ3) is 9.22. The van der Waals surface area contributed by atoms with Crippen LogP contribution in [0.5, 0.6) is 11.5 Å². The molecule has 0 heterocycles. The van der Waals surface area contributed by atoms with E-state index in [1.54, 1.807) is 60.7 Å². The van der Waals surface area contributed by atoms with Crippen molar-refractivity contribution in [1.82, 2.24) is 0 Å². The van der Waals surface area contributed by atoms with Gasteiger partial charge in [-0.3, -0.25) is 0 Å². The average molecular weight is 326 g/mol. The Balaban J connectivity index is 0.000000871. The Morgan fingerprint density at radius 3 is 1.48 bits per heavy atom. The number of hydrogen-bond donors (Lipinski definition) is 2. The second kappa shape index (κ2) is 12.9. The minimum Gasteiger partial charge on any atom is -0.543 e. The predicted molar refractivity (Wildman–Crippen MR) is 81.0 cm³/mol. The first kappa shape index (κ1) is 21.4. The van der Waals surface area contributed by atoms with E-state index >= 15 is 0 Å². The molecule has 2 rings (SSSR count). The summed E-state index contributed by atoms with van der Waals surface area (Å²) in [5, 5.41) is 10.9. The summed E-state index contributed by atoms with van der Waals surface area (Å²) in [5.74, 6) is -0.618. The Morgan fingerprint density at radius 2 is 1.22 bits per heavy atom. The van der Waals surface area contributed by atoms with Gasteiger partial charge in [0, 0.05) is 13.1 Å². The normalized spacial score (nSPS) is 9.17. The molecule has 0 aliphatic heterocycles. The van der Waals surface area contributed by atoms with E-state index in [0.717, 1.165) is 0 Å². The van der Waals surface area contributed by atoms with Crippen LogP contribution in [0, 0.1) is 0 Å². The second-order valence-corrected chi connectivity index (χ2v) is 4.09. The molecule has 23 heavy (non-hydrogen) atoms. The van der Waals surface area contributed by atoms with Crippen LogP contribution in [0.3, 0.4) is 0 Å². The molecule has 6 nitrogen and oxygen atoms in total. The van der Waals surface area contributed by atoms with E-state index in [1.165, 1.54) is 0 Å². The summed E-state index contributed by atoms with van der Waals surface area (Å²) < 4.78 is 10.4. The molecule has 0 spiro atoms. The minimum atomic E-state index is -1.48. The molecular weight excluding hydrogens is 307 g/mol. The second-order valence-electron chi connectivity index (χ2n) is 4.09. The van der Waals surface area contributed by atoms with Crippen LogP contribution in [0.2, 0.25) is 0 Å². The first-order valence-corrected chi connectivity index (χ1v) is 6.71. The fourth-order valence-corrected chi connectivity index (χ4v) is 1.37. The third-order valence-electron chi connectivity index (χ3n) is 2.33. The van der Waals surface area contributed by atoms with Crippen molar-refractivity contribution < 1.29 is 48.9 Å². The molecule has 0 saturated heterocycles. The Morgan fingerprint density at radius 1 is 0.870 bits per heavy atom. The summed E-state index contributed by atoms with van der Waals surface area (Å²) in [4.78, 5) is 10.9. The van der Waals surface area contributed by atoms with Gasteiger partial charge in [-0.05, 0) is 24.3 Å². The van der Waals surface area contributed by atoms with Crippen molar-refractivity contribution in [2.45, 2.75) is 6.29 Å². The first-order chi connectivity index (χ1) is 10.7. The molecule has 0 aliphatic rings. The number of hydrogen-bond acceptors (Lipinski definition) is 6. The number of carbonyl (C=O) groups is 1. The van der Waals surface area contributed by atoms with E-state index in [0.29, 0.717) is 24.6 Å². The van der Waals surface area contributed by atoms with Gasteiger partial charge >= 0.3 is 29.6 Å². The molecule has 0 amide bonds. The van der Waals surface area contributed by atoms with Crippen molar-refractivity contribution in [3.05, 3.63) is 60.7 Å². The molecule has 0 fully saturated rings. The molecule has 4 N–H and O–H groups in total. The maximum atomic E-state index is 10.9. The van der Waals surface area contributed by atoms with Gasteiger partial charge in [0.1, 0.15) is 17.5 Å². The molecule has 0 aliphatic carbocycles. The van der Waals surface area contributed by atoms with Gasteiger partial charge in [0.2, 0.25) is 0 Å². The fraction of sp³-hybridized carbons (Fsp3) is 0.188. The number of carboxylic acids is 1. The number of ether oxygens (including phenoxy) is 2. The molecular formula is C16H19N2NaO4. The summed E-state index contributed by atoms with van der Waals surface area (Å²) in [6, 6.07) is 17.1. The molecule has 0 saturated carbocycles. The number of carboxylic acid groups (broad SMARTS) is 1. The Hall–Kier alpha value is -1.57. The van der Waals surface area contributed by atoms with Gasteiger partial charge < -0.3 is 30.8 Å². The summed E-state index contributed by atoms with van der Waals surface area (Å²) in [6.07, 6.45) is -1.48. The molecule has 7 heteroatoms. The van der Waals surface area contributed by atoms with E-state index in [-0.39, 0.29) is 29.6 Å². The van der Waals surface area contributed by atoms with Gasteiger partial charge in [-0.2, -0.15) is 0 Å². The van der Waals surface area contributed by atoms with Gasteiger partial charge in [0.25, 0.3) is 6.29 Å². The van der Waals surface area contributed by atoms with E-state index in [1.807, 2.05) is 0 Å². The number of carbonyl (C=O) groups excluding carboxylic acids is 1. The van der Waals surface area contributed by atoms with Gasteiger partial charge in [-0.25, -0.2) is 0 Å². The molecule has 2 aromatic rings. The predicted octanol–water partition coefficient (Wildman–Crippen LogP) is -2.87. The number of nitrogens with two attached hydrogens (primary N) is 2. The third-order valence-corrected chi connectivity index (χ3v) is 2.33. The van der Waals surface area contributed by atoms with Crippen LogP contribution in [-0.2, 0) is 4.79 Å². The maximum absolute atomic E-state index is 10.9. The van der Waals surface area contributed by atoms with Crippen molar-refractivity contribution in [3.8, 4) is 11.5 Å². The van der Waals surface area contributed by atoms with E-state index in [2.05, 4.69) is 0 Å². The van der Waals surface area contributed by atoms with Crippen LogP contribution in [0.1, 0.15) is 0 Å². The SMILES string of the molecule is NCCN.O=C([O-])C(Oc1ccccc1)Oc1ccccc1.[Na+]. The van der Waals surface area contributed by atoms with Crippen molar-refractivity contribution in [2.24, 2.45) is 11.5 Å². The molecule has 0 unspecified atom stereocenters. The summed E-state index contributed by atoms with van der Waals surface area (Å²) >= 11 is 0. The average Bonchev–Trinajstić information content (AvgIpc) is 2.56. The molecule has 0 atom stereocenters. The summed E-state index contributed by atoms with van der Waals surface area (Å²) in [7, 11) is 0. The van der Waals surface area contributed by atoms with Gasteiger partial charge in [-0.1, -0.05) is 36.4 Å². The Labute approximate surface area is 157 Å². The van der Waals surface area contributed by atoms with Gasteiger partial charge in [0.05, 0.1) is 0 Å². The molecule has 0 aromatic heterocycles. The quantitative estimate of drug-likeness (QED) is 0.436. The van der Waals surface area contributed by atoms with E-state index in [9.17, 15) is 9.90 Å². The Kier molecular flexibility index (Phi) is 12.0. The molecule has 0 radical (unpaired) electrons. The monoisotopic (exact) mass is 326 g/mol. The van der Waals surface area contributed by atoms with Gasteiger partial charge in [-0.15, -0.1) is 0 Å². The summed E-state index contributed by atoms with van der Waals surface area (Å²) in [6.45, 7) is 1.19. The zero-order valence-corrected chi connectivity index (χ0v) is 15.1. The van der Waals surface area contributed by atoms with Crippen LogP contribution >= 0.6 is 0 Å². The fourth-order valence-electron chi connectivity index (χ4n) is 1.37. The van der Waals surface area contributed by atoms with Crippen LogP contribution in [0.15, 0.2) is 60.7 Å². The van der Waals surface area contributed by atoms with Crippen molar-refractivity contribution >= 4 is 5.97 Å². The topological polar surface area (TPSA) is 111 Å². The first-order valence-electron chi connectivity index (χ1n) is 6.71. The van der Waals surface area contributed by atoms with E-state index < -0.39 is 12.3 Å². The summed E-state index contributed by atoms with van der Waals surface area (Å²) in [5.41, 5.74) is 9.81. The molecule has 0 bridgehead atoms. The zero-order valence-electron chi connectivity index (χ0n) is 13.1. The smallest absolute Gasteiger partial charge is 0.543 e. The van der Waals surface area contributed by atoms with Crippen LogP contribution in [0.25, 0.3) is 0 Å². The van der Waals surface area contributed by atoms with Crippen LogP contribution < -0.4 is 55.6 Å². The molecule has 2 aromatic carbocycles. The van der Waals surface area contributed by atoms with Crippen LogP contribution in [-0.4, -0.2) is 25.3 Å². The largest absolute Gasteiger partial charge is 1.00 e. The number of benzene rings is 2. The zero-order chi connectivity index (χ0) is 16.2. The standard InChI is InChI=1S/C14H12O4.C2H8N2.Na/c15-13(16)14(17-11-7-3-1-4-8-11)18-12-9-5-2-6-10-12;3-1-2-4;/h1-10,14H,(H,15,16);1-4H2;/q;;+1/p-1. The maximum Gasteiger partial charge on any atom is 1.00 e. The minimum absolute atomic E-state index is 0. The van der Waals surface area contributed by atoms with Gasteiger partial charge in [0.15, 0.2) is 0 Å². The number of rotatable bonds is 6. The van der Waals surface area contributed by atoms with Crippen LogP contribution in [0.4, 0.5) is 0 Å². The van der Waals surface area contributed by atoms with Crippen molar-refractivity contribution in [2.75, 3.05) is 13.1 Å².